The van der Waals surface area contributed by atoms with Gasteiger partial charge in [0.1, 0.15) is 6.33 Å². The first-order valence-corrected chi connectivity index (χ1v) is 5.00. The summed E-state index contributed by atoms with van der Waals surface area (Å²) in [5, 5.41) is 3.19. The molecule has 0 aliphatic rings. The Morgan fingerprint density at radius 3 is 2.88 bits per heavy atom. The molecule has 2 heterocycles. The highest BCUT2D eigenvalue weighted by Crippen LogP contribution is 2.19. The molecule has 2 rings (SSSR count). The predicted octanol–water partition coefficient (Wildman–Crippen LogP) is 1.63. The van der Waals surface area contributed by atoms with Crippen LogP contribution in [0.3, 0.4) is 0 Å². The highest BCUT2D eigenvalue weighted by molar-refractivity contribution is 5.59. The topological polar surface area (TPSA) is 76.7 Å². The molecular formula is C11H13N5. The number of rotatable bonds is 3. The monoisotopic (exact) mass is 215 g/mol. The van der Waals surface area contributed by atoms with Gasteiger partial charge in [-0.3, -0.25) is 4.98 Å². The van der Waals surface area contributed by atoms with E-state index in [0.717, 1.165) is 5.69 Å². The lowest BCUT2D eigenvalue weighted by molar-refractivity contribution is 0.831. The Hall–Kier alpha value is -2.17. The molecule has 0 aromatic carbocycles. The molecule has 82 valence electrons. The molecule has 5 nitrogen and oxygen atoms in total. The zero-order valence-corrected chi connectivity index (χ0v) is 8.96. The third kappa shape index (κ3) is 2.25. The van der Waals surface area contributed by atoms with Gasteiger partial charge >= 0.3 is 0 Å². The fourth-order valence-electron chi connectivity index (χ4n) is 1.37. The summed E-state index contributed by atoms with van der Waals surface area (Å²) in [5.41, 5.74) is 7.22. The Kier molecular flexibility index (Phi) is 2.95. The van der Waals surface area contributed by atoms with Crippen molar-refractivity contribution >= 4 is 11.5 Å². The molecule has 0 saturated heterocycles. The molecule has 0 radical (unpaired) electrons. The van der Waals surface area contributed by atoms with E-state index in [4.69, 9.17) is 5.73 Å². The van der Waals surface area contributed by atoms with Gasteiger partial charge in [-0.15, -0.1) is 0 Å². The highest BCUT2D eigenvalue weighted by atomic mass is 15.1. The highest BCUT2D eigenvalue weighted by Gasteiger charge is 2.08. The van der Waals surface area contributed by atoms with E-state index < -0.39 is 0 Å². The lowest BCUT2D eigenvalue weighted by Gasteiger charge is -2.14. The van der Waals surface area contributed by atoms with Crippen LogP contribution in [0, 0.1) is 0 Å². The van der Waals surface area contributed by atoms with Crippen LogP contribution in [-0.4, -0.2) is 15.0 Å². The molecule has 0 aliphatic heterocycles. The van der Waals surface area contributed by atoms with Crippen molar-refractivity contribution in [2.24, 2.45) is 0 Å². The first-order valence-electron chi connectivity index (χ1n) is 5.00. The van der Waals surface area contributed by atoms with Crippen LogP contribution in [0.5, 0.6) is 0 Å². The number of nitrogens with one attached hydrogen (secondary N) is 1. The number of nitrogens with zero attached hydrogens (tertiary/aromatic N) is 3. The summed E-state index contributed by atoms with van der Waals surface area (Å²) in [4.78, 5) is 12.2. The average Bonchev–Trinajstić information content (AvgIpc) is 2.33. The summed E-state index contributed by atoms with van der Waals surface area (Å²) in [6.45, 7) is 2.00. The van der Waals surface area contributed by atoms with Crippen LogP contribution >= 0.6 is 0 Å². The number of hydrogen-bond acceptors (Lipinski definition) is 5. The van der Waals surface area contributed by atoms with Gasteiger partial charge in [-0.1, -0.05) is 6.07 Å². The smallest absolute Gasteiger partial charge is 0.153 e. The number of pyridine rings is 1. The maximum absolute atomic E-state index is 5.74. The molecule has 3 N–H and O–H groups in total. The summed E-state index contributed by atoms with van der Waals surface area (Å²) in [6.07, 6.45) is 4.79. The van der Waals surface area contributed by atoms with Gasteiger partial charge in [-0.2, -0.15) is 0 Å². The fourth-order valence-corrected chi connectivity index (χ4v) is 1.37. The third-order valence-electron chi connectivity index (χ3n) is 2.23. The molecule has 1 unspecified atom stereocenters. The Morgan fingerprint density at radius 1 is 1.31 bits per heavy atom. The number of anilines is 2. The van der Waals surface area contributed by atoms with Crippen LogP contribution in [0.15, 0.2) is 36.9 Å². The lowest BCUT2D eigenvalue weighted by Crippen LogP contribution is -2.11. The van der Waals surface area contributed by atoms with Gasteiger partial charge in [0, 0.05) is 6.20 Å². The molecular weight excluding hydrogens is 202 g/mol. The number of aromatic nitrogens is 3. The third-order valence-corrected chi connectivity index (χ3v) is 2.23. The van der Waals surface area contributed by atoms with Gasteiger partial charge in [0.25, 0.3) is 0 Å². The van der Waals surface area contributed by atoms with E-state index in [0.29, 0.717) is 11.5 Å². The Morgan fingerprint density at radius 2 is 2.19 bits per heavy atom. The second-order valence-corrected chi connectivity index (χ2v) is 3.45. The minimum absolute atomic E-state index is 0.0541. The lowest BCUT2D eigenvalue weighted by atomic mass is 10.2. The average molecular weight is 215 g/mol. The van der Waals surface area contributed by atoms with Crippen LogP contribution in [0.2, 0.25) is 0 Å². The standard InChI is InChI=1S/C11H13N5/c1-8(10-4-2-3-5-14-10)16-11-9(12)6-13-7-15-11/h2-8H,12H2,1H3,(H,13,15,16). The van der Waals surface area contributed by atoms with E-state index in [1.54, 1.807) is 12.4 Å². The minimum atomic E-state index is 0.0541. The summed E-state index contributed by atoms with van der Waals surface area (Å²) < 4.78 is 0. The van der Waals surface area contributed by atoms with E-state index in [-0.39, 0.29) is 6.04 Å². The Labute approximate surface area is 93.8 Å². The van der Waals surface area contributed by atoms with Gasteiger partial charge in [-0.25, -0.2) is 9.97 Å². The number of hydrogen-bond donors (Lipinski definition) is 2. The number of nitrogen functional groups attached to an aromatic ring is 1. The summed E-state index contributed by atoms with van der Waals surface area (Å²) in [5.74, 6) is 0.633. The predicted molar refractivity (Wildman–Crippen MR) is 62.7 cm³/mol. The molecule has 0 bridgehead atoms. The van der Waals surface area contributed by atoms with E-state index in [9.17, 15) is 0 Å². The quantitative estimate of drug-likeness (QED) is 0.813. The molecule has 2 aromatic heterocycles. The molecule has 0 spiro atoms. The number of nitrogens with two attached hydrogens (primary N) is 1. The first kappa shape index (κ1) is 10.4. The van der Waals surface area contributed by atoms with Crippen molar-refractivity contribution in [3.05, 3.63) is 42.6 Å². The van der Waals surface area contributed by atoms with Gasteiger partial charge in [0.2, 0.25) is 0 Å². The minimum Gasteiger partial charge on any atom is -0.394 e. The van der Waals surface area contributed by atoms with Crippen molar-refractivity contribution in [2.75, 3.05) is 11.1 Å². The molecule has 5 heteroatoms. The van der Waals surface area contributed by atoms with E-state index in [2.05, 4.69) is 20.3 Å². The van der Waals surface area contributed by atoms with Gasteiger partial charge in [-0.05, 0) is 19.1 Å². The zero-order valence-electron chi connectivity index (χ0n) is 8.96. The summed E-state index contributed by atoms with van der Waals surface area (Å²) in [7, 11) is 0. The van der Waals surface area contributed by atoms with Gasteiger partial charge in [0.15, 0.2) is 5.82 Å². The molecule has 0 aliphatic carbocycles. The van der Waals surface area contributed by atoms with Crippen molar-refractivity contribution in [1.29, 1.82) is 0 Å². The molecule has 1 atom stereocenters. The van der Waals surface area contributed by atoms with Crippen molar-refractivity contribution in [3.8, 4) is 0 Å². The second kappa shape index (κ2) is 4.57. The molecule has 2 aromatic rings. The van der Waals surface area contributed by atoms with Crippen molar-refractivity contribution in [3.63, 3.8) is 0 Å². The second-order valence-electron chi connectivity index (χ2n) is 3.45. The maximum Gasteiger partial charge on any atom is 0.153 e. The normalized spacial score (nSPS) is 12.1. The molecule has 0 fully saturated rings. The Bertz CT molecular complexity index is 457. The summed E-state index contributed by atoms with van der Waals surface area (Å²) >= 11 is 0. The van der Waals surface area contributed by atoms with Crippen LogP contribution in [0.1, 0.15) is 18.7 Å². The fraction of sp³-hybridized carbons (Fsp3) is 0.182. The van der Waals surface area contributed by atoms with Crippen molar-refractivity contribution in [1.82, 2.24) is 15.0 Å². The van der Waals surface area contributed by atoms with Crippen molar-refractivity contribution in [2.45, 2.75) is 13.0 Å². The van der Waals surface area contributed by atoms with Crippen LogP contribution < -0.4 is 11.1 Å². The van der Waals surface area contributed by atoms with Crippen LogP contribution in [0.4, 0.5) is 11.5 Å². The largest absolute Gasteiger partial charge is 0.394 e. The van der Waals surface area contributed by atoms with Crippen molar-refractivity contribution < 1.29 is 0 Å². The SMILES string of the molecule is CC(Nc1ncncc1N)c1ccccn1. The zero-order chi connectivity index (χ0) is 11.4. The van der Waals surface area contributed by atoms with Crippen LogP contribution in [0.25, 0.3) is 0 Å². The molecule has 16 heavy (non-hydrogen) atoms. The summed E-state index contributed by atoms with van der Waals surface area (Å²) in [6, 6.07) is 5.84. The van der Waals surface area contributed by atoms with Gasteiger partial charge < -0.3 is 11.1 Å². The van der Waals surface area contributed by atoms with Crippen LogP contribution in [-0.2, 0) is 0 Å². The van der Waals surface area contributed by atoms with Gasteiger partial charge in [0.05, 0.1) is 23.6 Å². The maximum atomic E-state index is 5.74. The van der Waals surface area contributed by atoms with E-state index >= 15 is 0 Å². The molecule has 0 amide bonds. The van der Waals surface area contributed by atoms with E-state index in [1.807, 2.05) is 25.1 Å². The molecule has 0 saturated carbocycles. The Balaban J connectivity index is 2.14. The first-order chi connectivity index (χ1) is 7.77. The van der Waals surface area contributed by atoms with E-state index in [1.165, 1.54) is 6.33 Å².